The Morgan fingerprint density at radius 2 is 1.80 bits per heavy atom. The van der Waals surface area contributed by atoms with E-state index in [0.29, 0.717) is 0 Å². The van der Waals surface area contributed by atoms with Gasteiger partial charge in [0.15, 0.2) is 0 Å². The average molecular weight is 320 g/mol. The minimum absolute atomic E-state index is 0.712. The Morgan fingerprint density at radius 3 is 2.25 bits per heavy atom. The number of hydrogen-bond donors (Lipinski definition) is 0. The maximum Gasteiger partial charge on any atom is 0.365 e. The predicted molar refractivity (Wildman–Crippen MR) is 81.6 cm³/mol. The minimum atomic E-state index is -3.66. The molecule has 0 aliphatic heterocycles. The summed E-state index contributed by atoms with van der Waals surface area (Å²) in [4.78, 5) is 0. The summed E-state index contributed by atoms with van der Waals surface area (Å²) in [7, 11) is -1.80. The summed E-state index contributed by atoms with van der Waals surface area (Å²) in [5.41, 5.74) is 0.0129. The molecule has 0 aliphatic carbocycles. The van der Waals surface area contributed by atoms with E-state index >= 15 is 0 Å². The monoisotopic (exact) mass is 319 g/mol. The van der Waals surface area contributed by atoms with E-state index in [4.69, 9.17) is 11.6 Å². The van der Waals surface area contributed by atoms with Crippen LogP contribution in [-0.4, -0.2) is 20.0 Å². The third-order valence-corrected chi connectivity index (χ3v) is 3.83. The number of allylic oxidation sites excluding steroid dienone is 1. The molecule has 0 N–H and O–H groups in total. The van der Waals surface area contributed by atoms with Crippen LogP contribution in [0.15, 0.2) is 40.8 Å². The van der Waals surface area contributed by atoms with E-state index in [2.05, 4.69) is 4.40 Å². The largest absolute Gasteiger partial charge is 0.365 e. The van der Waals surface area contributed by atoms with Crippen LogP contribution in [0.2, 0.25) is 0 Å². The van der Waals surface area contributed by atoms with Crippen LogP contribution in [-0.2, 0) is 11.0 Å². The van der Waals surface area contributed by atoms with Gasteiger partial charge in [0.25, 0.3) is 0 Å². The zero-order valence-electron chi connectivity index (χ0n) is 11.4. The Labute approximate surface area is 125 Å². The van der Waals surface area contributed by atoms with Crippen molar-refractivity contribution in [2.24, 2.45) is 4.40 Å². The molecule has 0 spiro atoms. The molecule has 0 aromatic heterocycles. The Kier molecular flexibility index (Phi) is 5.59. The van der Waals surface area contributed by atoms with Gasteiger partial charge in [-0.25, -0.2) is 4.21 Å². The van der Waals surface area contributed by atoms with E-state index in [-0.39, 0.29) is 0 Å². The quantitative estimate of drug-likeness (QED) is 0.596. The Hall–Kier alpha value is -1.07. The van der Waals surface area contributed by atoms with E-state index in [1.54, 1.807) is 45.0 Å². The molecule has 1 atom stereocenters. The van der Waals surface area contributed by atoms with Crippen LogP contribution in [0.25, 0.3) is 6.08 Å². The van der Waals surface area contributed by atoms with Gasteiger partial charge in [-0.15, -0.1) is 0 Å². The van der Waals surface area contributed by atoms with Crippen LogP contribution >= 0.6 is 11.6 Å². The van der Waals surface area contributed by atoms with E-state index in [1.165, 1.54) is 6.08 Å². The average Bonchev–Trinajstić information content (AvgIpc) is 2.32. The minimum Gasteiger partial charge on any atom is -0.234 e. The Balaban J connectivity index is 3.07. The summed E-state index contributed by atoms with van der Waals surface area (Å²) in [6.45, 7) is 4.95. The molecule has 1 unspecified atom stereocenters. The standard InChI is InChI=1S/C14H16ClF2NOS/c1-13(2,3)20(19)18-12(14(15,16)17)10-9-11-7-5-4-6-8-11/h4-10H,1-3H3/b10-9+,18-12-. The zero-order valence-corrected chi connectivity index (χ0v) is 13.0. The second kappa shape index (κ2) is 6.59. The third kappa shape index (κ3) is 5.51. The van der Waals surface area contributed by atoms with Gasteiger partial charge in [0.05, 0.1) is 4.75 Å². The second-order valence-corrected chi connectivity index (χ2v) is 7.46. The van der Waals surface area contributed by atoms with E-state index in [1.807, 2.05) is 6.07 Å². The van der Waals surface area contributed by atoms with Crippen LogP contribution in [0.4, 0.5) is 8.78 Å². The fourth-order valence-corrected chi connectivity index (χ4v) is 1.93. The Morgan fingerprint density at radius 1 is 1.25 bits per heavy atom. The summed E-state index contributed by atoms with van der Waals surface area (Å²) >= 11 is 5.01. The molecule has 0 saturated carbocycles. The fourth-order valence-electron chi connectivity index (χ4n) is 1.14. The topological polar surface area (TPSA) is 29.4 Å². The summed E-state index contributed by atoms with van der Waals surface area (Å²) < 4.78 is 41.2. The van der Waals surface area contributed by atoms with E-state index < -0.39 is 26.8 Å². The second-order valence-electron chi connectivity index (χ2n) is 5.08. The highest BCUT2D eigenvalue weighted by atomic mass is 35.5. The molecule has 2 nitrogen and oxygen atoms in total. The van der Waals surface area contributed by atoms with Gasteiger partial charge >= 0.3 is 5.38 Å². The molecule has 6 heteroatoms. The molecule has 1 rings (SSSR count). The number of alkyl halides is 3. The van der Waals surface area contributed by atoms with Crippen LogP contribution in [0.1, 0.15) is 26.3 Å². The van der Waals surface area contributed by atoms with Crippen LogP contribution in [0, 0.1) is 0 Å². The molecule has 0 amide bonds. The van der Waals surface area contributed by atoms with Gasteiger partial charge in [-0.05, 0) is 44.0 Å². The van der Waals surface area contributed by atoms with Gasteiger partial charge in [-0.1, -0.05) is 36.4 Å². The molecule has 1 aromatic rings. The molecule has 0 fully saturated rings. The van der Waals surface area contributed by atoms with Crippen molar-refractivity contribution in [3.63, 3.8) is 0 Å². The van der Waals surface area contributed by atoms with Crippen LogP contribution < -0.4 is 0 Å². The molecular weight excluding hydrogens is 304 g/mol. The molecule has 0 bridgehead atoms. The van der Waals surface area contributed by atoms with E-state index in [9.17, 15) is 13.0 Å². The zero-order chi connectivity index (χ0) is 15.4. The normalized spacial score (nSPS) is 15.6. The first-order chi connectivity index (χ1) is 9.10. The van der Waals surface area contributed by atoms with Crippen LogP contribution in [0.3, 0.4) is 0 Å². The molecule has 0 heterocycles. The van der Waals surface area contributed by atoms with Crippen molar-refractivity contribution >= 4 is 34.4 Å². The maximum atomic E-state index is 13.3. The molecule has 1 aromatic carbocycles. The predicted octanol–water partition coefficient (Wildman–Crippen LogP) is 4.43. The smallest absolute Gasteiger partial charge is 0.234 e. The summed E-state index contributed by atoms with van der Waals surface area (Å²) in [5.74, 6) is 0. The molecular formula is C14H16ClF2NOS. The van der Waals surface area contributed by atoms with Crippen molar-refractivity contribution in [3.8, 4) is 0 Å². The third-order valence-electron chi connectivity index (χ3n) is 2.23. The highest BCUT2D eigenvalue weighted by Gasteiger charge is 2.33. The van der Waals surface area contributed by atoms with Gasteiger partial charge in [-0.3, -0.25) is 0 Å². The molecule has 0 saturated heterocycles. The summed E-state index contributed by atoms with van der Waals surface area (Å²) in [6.07, 6.45) is 2.54. The van der Waals surface area contributed by atoms with Crippen molar-refractivity contribution in [3.05, 3.63) is 42.0 Å². The first kappa shape index (κ1) is 17.0. The number of benzene rings is 1. The fraction of sp³-hybridized carbons (Fsp3) is 0.357. The SMILES string of the molecule is CC(C)(C)S(=O)/N=C(/C=C/c1ccccc1)C(F)(F)Cl. The molecule has 110 valence electrons. The first-order valence-corrected chi connectivity index (χ1v) is 7.40. The van der Waals surface area contributed by atoms with E-state index in [0.717, 1.165) is 11.6 Å². The van der Waals surface area contributed by atoms with Crippen molar-refractivity contribution in [2.45, 2.75) is 30.9 Å². The van der Waals surface area contributed by atoms with Crippen molar-refractivity contribution in [1.82, 2.24) is 0 Å². The maximum absolute atomic E-state index is 13.3. The first-order valence-electron chi connectivity index (χ1n) is 5.92. The number of nitrogens with zero attached hydrogens (tertiary/aromatic N) is 1. The number of hydrogen-bond acceptors (Lipinski definition) is 1. The molecule has 0 aliphatic rings. The van der Waals surface area contributed by atoms with Crippen molar-refractivity contribution in [1.29, 1.82) is 0 Å². The number of rotatable bonds is 4. The number of halogens is 3. The highest BCUT2D eigenvalue weighted by Crippen LogP contribution is 2.24. The Bertz CT molecular complexity index is 530. The van der Waals surface area contributed by atoms with Crippen molar-refractivity contribution < 1.29 is 13.0 Å². The van der Waals surface area contributed by atoms with Gasteiger partial charge in [-0.2, -0.15) is 13.2 Å². The molecule has 20 heavy (non-hydrogen) atoms. The van der Waals surface area contributed by atoms with Gasteiger partial charge in [0.2, 0.25) is 0 Å². The van der Waals surface area contributed by atoms with Gasteiger partial charge in [0, 0.05) is 0 Å². The lowest BCUT2D eigenvalue weighted by Gasteiger charge is -2.15. The van der Waals surface area contributed by atoms with Gasteiger partial charge < -0.3 is 0 Å². The van der Waals surface area contributed by atoms with Crippen LogP contribution in [0.5, 0.6) is 0 Å². The van der Waals surface area contributed by atoms with Crippen molar-refractivity contribution in [2.75, 3.05) is 0 Å². The molecule has 0 radical (unpaired) electrons. The lowest BCUT2D eigenvalue weighted by molar-refractivity contribution is 0.177. The summed E-state index contributed by atoms with van der Waals surface area (Å²) in [5, 5.41) is -3.66. The highest BCUT2D eigenvalue weighted by molar-refractivity contribution is 7.85. The van der Waals surface area contributed by atoms with Gasteiger partial charge in [0.1, 0.15) is 16.7 Å². The summed E-state index contributed by atoms with van der Waals surface area (Å²) in [6, 6.07) is 8.88. The lowest BCUT2D eigenvalue weighted by Crippen LogP contribution is -2.25. The lowest BCUT2D eigenvalue weighted by atomic mass is 10.2.